The second-order valence-corrected chi connectivity index (χ2v) is 4.00. The SMILES string of the molecule is CN(C)C(=O)CNc1ccc(C(N)=O)cc1[N+](=O)[O-]. The lowest BCUT2D eigenvalue weighted by Crippen LogP contribution is -2.28. The molecular weight excluding hydrogens is 252 g/mol. The zero-order valence-electron chi connectivity index (χ0n) is 10.5. The van der Waals surface area contributed by atoms with Crippen molar-refractivity contribution in [3.8, 4) is 0 Å². The lowest BCUT2D eigenvalue weighted by Gasteiger charge is -2.12. The Hall–Kier alpha value is -2.64. The molecule has 0 heterocycles. The number of rotatable bonds is 5. The standard InChI is InChI=1S/C11H14N4O4/c1-14(2)10(16)6-13-8-4-3-7(11(12)17)5-9(8)15(18)19/h3-5,13H,6H2,1-2H3,(H2,12,17). The van der Waals surface area contributed by atoms with Crippen molar-refractivity contribution in [3.63, 3.8) is 0 Å². The molecule has 0 fully saturated rings. The Morgan fingerprint density at radius 1 is 1.42 bits per heavy atom. The Morgan fingerprint density at radius 3 is 2.53 bits per heavy atom. The van der Waals surface area contributed by atoms with Crippen molar-refractivity contribution in [2.75, 3.05) is 26.0 Å². The number of hydrogen-bond donors (Lipinski definition) is 2. The quantitative estimate of drug-likeness (QED) is 0.582. The van der Waals surface area contributed by atoms with Crippen LogP contribution in [-0.2, 0) is 4.79 Å². The summed E-state index contributed by atoms with van der Waals surface area (Å²) < 4.78 is 0. The first-order valence-corrected chi connectivity index (χ1v) is 5.35. The molecule has 0 unspecified atom stereocenters. The van der Waals surface area contributed by atoms with E-state index in [9.17, 15) is 19.7 Å². The van der Waals surface area contributed by atoms with Gasteiger partial charge in [0.2, 0.25) is 11.8 Å². The highest BCUT2D eigenvalue weighted by molar-refractivity contribution is 5.94. The predicted octanol–water partition coefficient (Wildman–Crippen LogP) is 0.194. The van der Waals surface area contributed by atoms with Gasteiger partial charge in [0, 0.05) is 25.7 Å². The zero-order valence-corrected chi connectivity index (χ0v) is 10.5. The minimum absolute atomic E-state index is 0.0381. The normalized spacial score (nSPS) is 9.79. The largest absolute Gasteiger partial charge is 0.371 e. The summed E-state index contributed by atoms with van der Waals surface area (Å²) in [7, 11) is 3.16. The van der Waals surface area contributed by atoms with Crippen LogP contribution in [0.4, 0.5) is 11.4 Å². The molecule has 1 aromatic rings. The number of nitro benzene ring substituents is 1. The molecule has 2 amide bonds. The average Bonchev–Trinajstić information content (AvgIpc) is 2.35. The van der Waals surface area contributed by atoms with E-state index >= 15 is 0 Å². The third-order valence-electron chi connectivity index (χ3n) is 2.41. The first kappa shape index (κ1) is 14.4. The lowest BCUT2D eigenvalue weighted by molar-refractivity contribution is -0.384. The van der Waals surface area contributed by atoms with Crippen molar-refractivity contribution in [2.45, 2.75) is 0 Å². The van der Waals surface area contributed by atoms with Gasteiger partial charge in [-0.1, -0.05) is 0 Å². The van der Waals surface area contributed by atoms with Crippen LogP contribution in [0.3, 0.4) is 0 Å². The van der Waals surface area contributed by atoms with E-state index in [4.69, 9.17) is 5.73 Å². The minimum atomic E-state index is -0.751. The molecule has 0 saturated heterocycles. The van der Waals surface area contributed by atoms with Crippen molar-refractivity contribution < 1.29 is 14.5 Å². The van der Waals surface area contributed by atoms with Gasteiger partial charge in [-0.3, -0.25) is 19.7 Å². The Morgan fingerprint density at radius 2 is 2.05 bits per heavy atom. The number of nitro groups is 1. The molecule has 19 heavy (non-hydrogen) atoms. The Bertz CT molecular complexity index is 527. The molecule has 0 aromatic heterocycles. The number of likely N-dealkylation sites (N-methyl/N-ethyl adjacent to an activating group) is 1. The Balaban J connectivity index is 2.98. The minimum Gasteiger partial charge on any atom is -0.371 e. The maximum absolute atomic E-state index is 11.4. The summed E-state index contributed by atoms with van der Waals surface area (Å²) in [6.07, 6.45) is 0. The molecule has 1 aromatic carbocycles. The van der Waals surface area contributed by atoms with Gasteiger partial charge in [0.25, 0.3) is 5.69 Å². The molecule has 0 spiro atoms. The number of hydrogen-bond acceptors (Lipinski definition) is 5. The first-order valence-electron chi connectivity index (χ1n) is 5.35. The van der Waals surface area contributed by atoms with Crippen LogP contribution in [0.25, 0.3) is 0 Å². The molecule has 0 aliphatic heterocycles. The van der Waals surface area contributed by atoms with Crippen molar-refractivity contribution in [3.05, 3.63) is 33.9 Å². The first-order chi connectivity index (χ1) is 8.82. The van der Waals surface area contributed by atoms with Crippen LogP contribution in [0, 0.1) is 10.1 Å². The van der Waals surface area contributed by atoms with Crippen molar-refractivity contribution in [2.24, 2.45) is 5.73 Å². The van der Waals surface area contributed by atoms with E-state index in [2.05, 4.69) is 5.32 Å². The average molecular weight is 266 g/mol. The molecule has 1 rings (SSSR count). The summed E-state index contributed by atoms with van der Waals surface area (Å²) in [6, 6.07) is 3.78. The summed E-state index contributed by atoms with van der Waals surface area (Å²) in [6.45, 7) is -0.0796. The van der Waals surface area contributed by atoms with Crippen LogP contribution in [0.1, 0.15) is 10.4 Å². The topological polar surface area (TPSA) is 119 Å². The smallest absolute Gasteiger partial charge is 0.293 e. The molecule has 3 N–H and O–H groups in total. The lowest BCUT2D eigenvalue weighted by atomic mass is 10.1. The number of amides is 2. The number of nitrogens with one attached hydrogen (secondary N) is 1. The number of benzene rings is 1. The molecule has 0 aliphatic carbocycles. The summed E-state index contributed by atoms with van der Waals surface area (Å²) in [5.41, 5.74) is 4.94. The van der Waals surface area contributed by atoms with E-state index in [0.717, 1.165) is 6.07 Å². The summed E-state index contributed by atoms with van der Waals surface area (Å²) in [5, 5.41) is 13.6. The van der Waals surface area contributed by atoms with E-state index < -0.39 is 10.8 Å². The van der Waals surface area contributed by atoms with Crippen LogP contribution in [0.2, 0.25) is 0 Å². The molecule has 8 heteroatoms. The molecule has 8 nitrogen and oxygen atoms in total. The number of carbonyl (C=O) groups excluding carboxylic acids is 2. The monoisotopic (exact) mass is 266 g/mol. The van der Waals surface area contributed by atoms with E-state index in [1.165, 1.54) is 17.0 Å². The third kappa shape index (κ3) is 3.66. The van der Waals surface area contributed by atoms with Crippen LogP contribution < -0.4 is 11.1 Å². The van der Waals surface area contributed by atoms with E-state index in [-0.39, 0.29) is 29.4 Å². The van der Waals surface area contributed by atoms with Crippen molar-refractivity contribution in [1.82, 2.24) is 4.90 Å². The van der Waals surface area contributed by atoms with Crippen LogP contribution in [0.15, 0.2) is 18.2 Å². The second-order valence-electron chi connectivity index (χ2n) is 4.00. The summed E-state index contributed by atoms with van der Waals surface area (Å²) >= 11 is 0. The van der Waals surface area contributed by atoms with Gasteiger partial charge in [-0.25, -0.2) is 0 Å². The molecule has 0 radical (unpaired) electrons. The van der Waals surface area contributed by atoms with Gasteiger partial charge in [0.1, 0.15) is 5.69 Å². The van der Waals surface area contributed by atoms with Gasteiger partial charge in [-0.2, -0.15) is 0 Å². The van der Waals surface area contributed by atoms with Crippen LogP contribution in [-0.4, -0.2) is 42.3 Å². The highest BCUT2D eigenvalue weighted by atomic mass is 16.6. The van der Waals surface area contributed by atoms with E-state index in [1.807, 2.05) is 0 Å². The number of primary amides is 1. The van der Waals surface area contributed by atoms with Gasteiger partial charge < -0.3 is 16.0 Å². The number of nitrogens with zero attached hydrogens (tertiary/aromatic N) is 2. The maximum Gasteiger partial charge on any atom is 0.293 e. The third-order valence-corrected chi connectivity index (χ3v) is 2.41. The molecule has 0 aliphatic rings. The summed E-state index contributed by atoms with van der Waals surface area (Å²) in [4.78, 5) is 34.0. The maximum atomic E-state index is 11.4. The highest BCUT2D eigenvalue weighted by Gasteiger charge is 2.17. The number of anilines is 1. The number of nitrogens with two attached hydrogens (primary N) is 1. The van der Waals surface area contributed by atoms with Gasteiger partial charge in [0.15, 0.2) is 0 Å². The van der Waals surface area contributed by atoms with Gasteiger partial charge in [-0.05, 0) is 12.1 Å². The van der Waals surface area contributed by atoms with Crippen molar-refractivity contribution in [1.29, 1.82) is 0 Å². The molecule has 0 saturated carbocycles. The van der Waals surface area contributed by atoms with Gasteiger partial charge in [0.05, 0.1) is 11.5 Å². The van der Waals surface area contributed by atoms with Crippen LogP contribution >= 0.6 is 0 Å². The second kappa shape index (κ2) is 5.80. The van der Waals surface area contributed by atoms with E-state index in [0.29, 0.717) is 0 Å². The number of carbonyl (C=O) groups is 2. The molecule has 0 bridgehead atoms. The fourth-order valence-electron chi connectivity index (χ4n) is 1.31. The predicted molar refractivity (Wildman–Crippen MR) is 68.8 cm³/mol. The highest BCUT2D eigenvalue weighted by Crippen LogP contribution is 2.25. The van der Waals surface area contributed by atoms with Gasteiger partial charge >= 0.3 is 0 Å². The summed E-state index contributed by atoms with van der Waals surface area (Å²) in [5.74, 6) is -0.979. The van der Waals surface area contributed by atoms with E-state index in [1.54, 1.807) is 14.1 Å². The zero-order chi connectivity index (χ0) is 14.6. The van der Waals surface area contributed by atoms with Gasteiger partial charge in [-0.15, -0.1) is 0 Å². The fourth-order valence-corrected chi connectivity index (χ4v) is 1.31. The van der Waals surface area contributed by atoms with Crippen LogP contribution in [0.5, 0.6) is 0 Å². The molecule has 0 atom stereocenters. The fraction of sp³-hybridized carbons (Fsp3) is 0.273. The van der Waals surface area contributed by atoms with Crippen molar-refractivity contribution >= 4 is 23.2 Å². The Labute approximate surface area is 109 Å². The molecular formula is C11H14N4O4. The molecule has 102 valence electrons. The Kier molecular flexibility index (Phi) is 4.41.